The Morgan fingerprint density at radius 2 is 1.93 bits per heavy atom. The SMILES string of the molecule is CC(C)CC(C)SC(=S)SC(C)(C)C=O. The van der Waals surface area contributed by atoms with Gasteiger partial charge in [-0.15, -0.1) is 11.8 Å². The van der Waals surface area contributed by atoms with Crippen LogP contribution in [0.25, 0.3) is 0 Å². The molecule has 88 valence electrons. The third-order valence-electron chi connectivity index (χ3n) is 1.73. The van der Waals surface area contributed by atoms with Gasteiger partial charge in [0.05, 0.1) is 4.75 Å². The van der Waals surface area contributed by atoms with Crippen molar-refractivity contribution in [3.8, 4) is 0 Å². The Balaban J connectivity index is 3.98. The van der Waals surface area contributed by atoms with Crippen molar-refractivity contribution in [2.45, 2.75) is 51.0 Å². The van der Waals surface area contributed by atoms with Gasteiger partial charge in [-0.1, -0.05) is 44.8 Å². The van der Waals surface area contributed by atoms with E-state index in [1.54, 1.807) is 11.8 Å². The highest BCUT2D eigenvalue weighted by Crippen LogP contribution is 2.32. The van der Waals surface area contributed by atoms with E-state index in [2.05, 4.69) is 20.8 Å². The van der Waals surface area contributed by atoms with Crippen LogP contribution in [-0.2, 0) is 4.79 Å². The van der Waals surface area contributed by atoms with Crippen LogP contribution in [0, 0.1) is 5.92 Å². The van der Waals surface area contributed by atoms with E-state index in [4.69, 9.17) is 12.2 Å². The standard InChI is InChI=1S/C11H20OS3/c1-8(2)6-9(3)14-10(13)15-11(4,5)7-12/h7-9H,6H2,1-5H3. The van der Waals surface area contributed by atoms with Gasteiger partial charge in [-0.25, -0.2) is 0 Å². The zero-order valence-electron chi connectivity index (χ0n) is 10.1. The molecular weight excluding hydrogens is 244 g/mol. The lowest BCUT2D eigenvalue weighted by Gasteiger charge is -2.19. The minimum Gasteiger partial charge on any atom is -0.302 e. The number of rotatable bonds is 5. The second kappa shape index (κ2) is 6.92. The van der Waals surface area contributed by atoms with Crippen LogP contribution in [0.4, 0.5) is 0 Å². The van der Waals surface area contributed by atoms with Crippen LogP contribution in [0.15, 0.2) is 0 Å². The molecule has 0 aromatic carbocycles. The minimum absolute atomic E-state index is 0.387. The van der Waals surface area contributed by atoms with E-state index in [9.17, 15) is 4.79 Å². The van der Waals surface area contributed by atoms with Crippen LogP contribution < -0.4 is 0 Å². The maximum Gasteiger partial charge on any atom is 0.135 e. The molecule has 0 saturated heterocycles. The zero-order valence-corrected chi connectivity index (χ0v) is 12.5. The Kier molecular flexibility index (Phi) is 7.13. The fourth-order valence-electron chi connectivity index (χ4n) is 1.14. The molecule has 0 fully saturated rings. The second-order valence-corrected chi connectivity index (χ2v) is 8.93. The number of carbonyl (C=O) groups excluding carboxylic acids is 1. The van der Waals surface area contributed by atoms with Gasteiger partial charge in [0.1, 0.15) is 9.81 Å². The lowest BCUT2D eigenvalue weighted by atomic mass is 10.1. The minimum atomic E-state index is -0.387. The van der Waals surface area contributed by atoms with E-state index >= 15 is 0 Å². The topological polar surface area (TPSA) is 17.1 Å². The number of hydrogen-bond donors (Lipinski definition) is 0. The molecule has 0 radical (unpaired) electrons. The summed E-state index contributed by atoms with van der Waals surface area (Å²) in [5.41, 5.74) is 0. The van der Waals surface area contributed by atoms with Crippen LogP contribution in [0.5, 0.6) is 0 Å². The Hall–Kier alpha value is 0.460. The zero-order chi connectivity index (χ0) is 12.1. The van der Waals surface area contributed by atoms with Crippen LogP contribution in [-0.4, -0.2) is 19.8 Å². The molecule has 15 heavy (non-hydrogen) atoms. The van der Waals surface area contributed by atoms with Crippen molar-refractivity contribution in [1.29, 1.82) is 0 Å². The summed E-state index contributed by atoms with van der Waals surface area (Å²) in [5.74, 6) is 0.694. The molecule has 0 rings (SSSR count). The average molecular weight is 264 g/mol. The molecule has 4 heteroatoms. The van der Waals surface area contributed by atoms with Crippen molar-refractivity contribution < 1.29 is 4.79 Å². The third-order valence-corrected chi connectivity index (χ3v) is 4.38. The van der Waals surface area contributed by atoms with Gasteiger partial charge in [-0.3, -0.25) is 0 Å². The quantitative estimate of drug-likeness (QED) is 0.548. The first kappa shape index (κ1) is 15.5. The Labute approximate surface area is 107 Å². The van der Waals surface area contributed by atoms with Gasteiger partial charge in [0.2, 0.25) is 0 Å². The van der Waals surface area contributed by atoms with Crippen molar-refractivity contribution in [1.82, 2.24) is 0 Å². The lowest BCUT2D eigenvalue weighted by molar-refractivity contribution is -0.109. The molecular formula is C11H20OS3. The summed E-state index contributed by atoms with van der Waals surface area (Å²) in [6, 6.07) is 0. The number of aldehydes is 1. The monoisotopic (exact) mass is 264 g/mol. The average Bonchev–Trinajstić information content (AvgIpc) is 2.00. The molecule has 0 bridgehead atoms. The van der Waals surface area contributed by atoms with Crippen LogP contribution in [0.2, 0.25) is 0 Å². The molecule has 0 amide bonds. The fraction of sp³-hybridized carbons (Fsp3) is 0.818. The van der Waals surface area contributed by atoms with Crippen molar-refractivity contribution in [2.75, 3.05) is 0 Å². The highest BCUT2D eigenvalue weighted by atomic mass is 32.2. The van der Waals surface area contributed by atoms with Gasteiger partial charge in [-0.2, -0.15) is 0 Å². The summed E-state index contributed by atoms with van der Waals surface area (Å²) in [6.07, 6.45) is 2.12. The molecule has 1 unspecified atom stereocenters. The molecule has 0 heterocycles. The fourth-order valence-corrected chi connectivity index (χ4v) is 4.89. The second-order valence-electron chi connectivity index (χ2n) is 4.63. The molecule has 1 atom stereocenters. The Bertz CT molecular complexity index is 224. The first-order chi connectivity index (χ1) is 6.76. The summed E-state index contributed by atoms with van der Waals surface area (Å²) in [5, 5.41) is 0.535. The molecule has 0 N–H and O–H groups in total. The molecule has 0 aromatic heterocycles. The Morgan fingerprint density at radius 3 is 2.33 bits per heavy atom. The van der Waals surface area contributed by atoms with E-state index in [-0.39, 0.29) is 4.75 Å². The first-order valence-corrected chi connectivity index (χ1v) is 7.23. The van der Waals surface area contributed by atoms with Crippen molar-refractivity contribution in [3.63, 3.8) is 0 Å². The van der Waals surface area contributed by atoms with E-state index in [0.29, 0.717) is 11.2 Å². The van der Waals surface area contributed by atoms with Gasteiger partial charge < -0.3 is 4.79 Å². The van der Waals surface area contributed by atoms with Crippen LogP contribution in [0.3, 0.4) is 0 Å². The smallest absolute Gasteiger partial charge is 0.135 e. The van der Waals surface area contributed by atoms with Gasteiger partial charge in [0.15, 0.2) is 0 Å². The molecule has 0 aliphatic heterocycles. The molecule has 0 spiro atoms. The van der Waals surface area contributed by atoms with Crippen LogP contribution in [0.1, 0.15) is 41.0 Å². The van der Waals surface area contributed by atoms with Crippen molar-refractivity contribution in [3.05, 3.63) is 0 Å². The predicted octanol–water partition coefficient (Wildman–Crippen LogP) is 4.15. The van der Waals surface area contributed by atoms with Crippen molar-refractivity contribution >= 4 is 45.6 Å². The normalized spacial score (nSPS) is 14.0. The molecule has 0 aliphatic rings. The third kappa shape index (κ3) is 8.29. The van der Waals surface area contributed by atoms with Crippen molar-refractivity contribution in [2.24, 2.45) is 5.92 Å². The largest absolute Gasteiger partial charge is 0.302 e. The number of hydrogen-bond acceptors (Lipinski definition) is 4. The highest BCUT2D eigenvalue weighted by molar-refractivity contribution is 8.47. The maximum absolute atomic E-state index is 10.7. The van der Waals surface area contributed by atoms with Gasteiger partial charge in [0.25, 0.3) is 0 Å². The maximum atomic E-state index is 10.7. The highest BCUT2D eigenvalue weighted by Gasteiger charge is 2.21. The molecule has 1 nitrogen and oxygen atoms in total. The molecule has 0 saturated carbocycles. The summed E-state index contributed by atoms with van der Waals surface area (Å²) in [4.78, 5) is 10.7. The first-order valence-electron chi connectivity index (χ1n) is 5.13. The summed E-state index contributed by atoms with van der Waals surface area (Å²) in [7, 11) is 0. The number of thiocarbonyl (C=S) groups is 1. The predicted molar refractivity (Wildman–Crippen MR) is 76.8 cm³/mol. The molecule has 0 aromatic rings. The van der Waals surface area contributed by atoms with E-state index in [1.165, 1.54) is 11.8 Å². The summed E-state index contributed by atoms with van der Waals surface area (Å²) < 4.78 is 0.488. The van der Waals surface area contributed by atoms with Gasteiger partial charge in [-0.05, 0) is 26.2 Å². The summed E-state index contributed by atoms with van der Waals surface area (Å²) in [6.45, 7) is 10.4. The molecule has 0 aliphatic carbocycles. The van der Waals surface area contributed by atoms with E-state index in [1.807, 2.05) is 13.8 Å². The number of thioether (sulfide) groups is 2. The van der Waals surface area contributed by atoms with Gasteiger partial charge >= 0.3 is 0 Å². The van der Waals surface area contributed by atoms with Gasteiger partial charge in [0, 0.05) is 5.25 Å². The van der Waals surface area contributed by atoms with E-state index in [0.717, 1.165) is 16.2 Å². The Morgan fingerprint density at radius 1 is 1.40 bits per heavy atom. The number of carbonyl (C=O) groups is 1. The summed E-state index contributed by atoms with van der Waals surface area (Å²) >= 11 is 8.45. The lowest BCUT2D eigenvalue weighted by Crippen LogP contribution is -2.18. The van der Waals surface area contributed by atoms with Crippen LogP contribution >= 0.6 is 35.7 Å². The van der Waals surface area contributed by atoms with E-state index < -0.39 is 0 Å².